The normalized spacial score (nSPS) is 24.3. The van der Waals surface area contributed by atoms with Crippen LogP contribution in [0, 0.1) is 0 Å². The van der Waals surface area contributed by atoms with Gasteiger partial charge >= 0.3 is 6.02 Å². The molecule has 2 rings (SSSR count). The molecule has 1 aliphatic carbocycles. The number of nitrogens with zero attached hydrogens (tertiary/aromatic N) is 2. The van der Waals surface area contributed by atoms with Crippen molar-refractivity contribution in [1.29, 1.82) is 0 Å². The van der Waals surface area contributed by atoms with Crippen LogP contribution in [0.25, 0.3) is 0 Å². The zero-order valence-electron chi connectivity index (χ0n) is 13.1. The minimum atomic E-state index is -2.88. The van der Waals surface area contributed by atoms with Crippen LogP contribution < -0.4 is 5.32 Å². The molecule has 23 heavy (non-hydrogen) atoms. The second kappa shape index (κ2) is 8.29. The highest BCUT2D eigenvalue weighted by Crippen LogP contribution is 2.18. The van der Waals surface area contributed by atoms with E-state index in [2.05, 4.69) is 21.4 Å². The molecule has 0 bridgehead atoms. The van der Waals surface area contributed by atoms with E-state index in [0.717, 1.165) is 25.5 Å². The summed E-state index contributed by atoms with van der Waals surface area (Å²) in [6.45, 7) is 1.13. The summed E-state index contributed by atoms with van der Waals surface area (Å²) in [5.74, 6) is -2.88. The Morgan fingerprint density at radius 2 is 2.26 bits per heavy atom. The van der Waals surface area contributed by atoms with E-state index in [9.17, 15) is 13.2 Å². The molecule has 1 N–H and O–H groups in total. The molecule has 0 saturated carbocycles. The van der Waals surface area contributed by atoms with Gasteiger partial charge in [0.2, 0.25) is 0 Å². The van der Waals surface area contributed by atoms with E-state index < -0.39 is 24.8 Å². The Labute approximate surface area is 134 Å². The van der Waals surface area contributed by atoms with Crippen LogP contribution in [0.3, 0.4) is 0 Å². The fourth-order valence-corrected chi connectivity index (χ4v) is 2.19. The Balaban J connectivity index is 1.81. The number of ether oxygens (including phenoxy) is 1. The molecule has 7 heteroatoms. The third-order valence-corrected chi connectivity index (χ3v) is 3.72. The minimum Gasteiger partial charge on any atom is -0.463 e. The van der Waals surface area contributed by atoms with Gasteiger partial charge in [-0.05, 0) is 12.8 Å². The Bertz CT molecular complexity index is 515. The second-order valence-corrected chi connectivity index (χ2v) is 5.56. The molecule has 0 aromatic heterocycles. The molecule has 2 atom stereocenters. The van der Waals surface area contributed by atoms with E-state index in [0.29, 0.717) is 6.61 Å². The topological polar surface area (TPSA) is 46.0 Å². The van der Waals surface area contributed by atoms with Crippen LogP contribution in [0.1, 0.15) is 32.6 Å². The van der Waals surface area contributed by atoms with Gasteiger partial charge in [-0.15, -0.1) is 0 Å². The van der Waals surface area contributed by atoms with Gasteiger partial charge in [0.1, 0.15) is 6.17 Å². The van der Waals surface area contributed by atoms with E-state index in [1.165, 1.54) is 12.5 Å². The van der Waals surface area contributed by atoms with Crippen LogP contribution in [-0.2, 0) is 4.74 Å². The van der Waals surface area contributed by atoms with Gasteiger partial charge in [-0.1, -0.05) is 30.7 Å². The van der Waals surface area contributed by atoms with Crippen LogP contribution in [0.2, 0.25) is 0 Å². The standard InChI is InChI=1S/C16H22F3N3O/c1-2-16(18,19)11-21-14-13(17)10-20-15(22-14)23-9-8-12-6-4-3-5-7-12/h3-4,6,10,13-14,21H,2,5,7-9,11H2,1H3. The van der Waals surface area contributed by atoms with Crippen molar-refractivity contribution in [3.8, 4) is 0 Å². The first-order valence-electron chi connectivity index (χ1n) is 7.85. The molecule has 0 aromatic carbocycles. The SMILES string of the molecule is CCC(F)(F)CNC1N=C(OCCC2=CC=CCC2)N=CC1F. The highest BCUT2D eigenvalue weighted by molar-refractivity contribution is 5.87. The molecule has 128 valence electrons. The maximum absolute atomic E-state index is 13.7. The van der Waals surface area contributed by atoms with E-state index in [4.69, 9.17) is 4.74 Å². The van der Waals surface area contributed by atoms with Gasteiger partial charge in [-0.25, -0.2) is 23.2 Å². The van der Waals surface area contributed by atoms with Crippen LogP contribution in [0.15, 0.2) is 33.8 Å². The van der Waals surface area contributed by atoms with Gasteiger partial charge in [-0.3, -0.25) is 5.32 Å². The van der Waals surface area contributed by atoms with E-state index in [-0.39, 0.29) is 12.4 Å². The zero-order chi connectivity index (χ0) is 16.7. The molecule has 0 spiro atoms. The van der Waals surface area contributed by atoms with Crippen LogP contribution in [0.5, 0.6) is 0 Å². The minimum absolute atomic E-state index is 0.0307. The van der Waals surface area contributed by atoms with Gasteiger partial charge in [-0.2, -0.15) is 0 Å². The first-order chi connectivity index (χ1) is 11.0. The number of alkyl halides is 3. The Kier molecular flexibility index (Phi) is 6.38. The molecule has 0 saturated heterocycles. The predicted octanol–water partition coefficient (Wildman–Crippen LogP) is 3.41. The maximum Gasteiger partial charge on any atom is 0.313 e. The Morgan fingerprint density at radius 3 is 2.96 bits per heavy atom. The first-order valence-corrected chi connectivity index (χ1v) is 7.85. The zero-order valence-corrected chi connectivity index (χ0v) is 13.1. The third kappa shape index (κ3) is 5.82. The largest absolute Gasteiger partial charge is 0.463 e. The maximum atomic E-state index is 13.7. The quantitative estimate of drug-likeness (QED) is 0.778. The molecular formula is C16H22F3N3O. The van der Waals surface area contributed by atoms with Gasteiger partial charge in [0.15, 0.2) is 6.17 Å². The molecule has 1 heterocycles. The fraction of sp³-hybridized carbons (Fsp3) is 0.625. The first kappa shape index (κ1) is 17.7. The molecule has 2 aliphatic rings. The third-order valence-electron chi connectivity index (χ3n) is 3.72. The van der Waals surface area contributed by atoms with Crippen molar-refractivity contribution < 1.29 is 17.9 Å². The van der Waals surface area contributed by atoms with E-state index in [1.54, 1.807) is 0 Å². The van der Waals surface area contributed by atoms with E-state index >= 15 is 0 Å². The van der Waals surface area contributed by atoms with Crippen molar-refractivity contribution in [3.05, 3.63) is 23.8 Å². The summed E-state index contributed by atoms with van der Waals surface area (Å²) in [6, 6.07) is 0.0307. The van der Waals surface area contributed by atoms with Gasteiger partial charge in [0.25, 0.3) is 5.92 Å². The van der Waals surface area contributed by atoms with Gasteiger partial charge < -0.3 is 4.74 Å². The Morgan fingerprint density at radius 1 is 1.43 bits per heavy atom. The van der Waals surface area contributed by atoms with E-state index in [1.807, 2.05) is 12.2 Å². The van der Waals surface area contributed by atoms with Crippen molar-refractivity contribution in [3.63, 3.8) is 0 Å². The number of hydrogen-bond donors (Lipinski definition) is 1. The summed E-state index contributed by atoms with van der Waals surface area (Å²) in [7, 11) is 0. The van der Waals surface area contributed by atoms with Crippen LogP contribution >= 0.6 is 0 Å². The molecular weight excluding hydrogens is 307 g/mol. The van der Waals surface area contributed by atoms with Crippen molar-refractivity contribution >= 4 is 12.2 Å². The number of hydrogen-bond acceptors (Lipinski definition) is 4. The summed E-state index contributed by atoms with van der Waals surface area (Å²) < 4.78 is 45.6. The van der Waals surface area contributed by atoms with Crippen molar-refractivity contribution in [2.75, 3.05) is 13.2 Å². The number of nitrogens with one attached hydrogen (secondary N) is 1. The average molecular weight is 329 g/mol. The molecule has 0 radical (unpaired) electrons. The monoisotopic (exact) mass is 329 g/mol. The smallest absolute Gasteiger partial charge is 0.313 e. The summed E-state index contributed by atoms with van der Waals surface area (Å²) in [5.41, 5.74) is 1.27. The predicted molar refractivity (Wildman–Crippen MR) is 84.9 cm³/mol. The van der Waals surface area contributed by atoms with Crippen molar-refractivity contribution in [2.24, 2.45) is 9.98 Å². The Hall–Kier alpha value is -1.63. The van der Waals surface area contributed by atoms with Crippen molar-refractivity contribution in [1.82, 2.24) is 5.32 Å². The lowest BCUT2D eigenvalue weighted by atomic mass is 10.0. The average Bonchev–Trinajstić information content (AvgIpc) is 2.56. The number of halogens is 3. The summed E-state index contributed by atoms with van der Waals surface area (Å²) >= 11 is 0. The molecule has 2 unspecified atom stereocenters. The summed E-state index contributed by atoms with van der Waals surface area (Å²) in [6.07, 6.45) is 7.02. The van der Waals surface area contributed by atoms with Crippen molar-refractivity contribution in [2.45, 2.75) is 50.9 Å². The molecule has 0 aromatic rings. The lowest BCUT2D eigenvalue weighted by molar-refractivity contribution is -0.00527. The lowest BCUT2D eigenvalue weighted by Crippen LogP contribution is -2.45. The molecule has 0 fully saturated rings. The number of amidine groups is 1. The number of rotatable bonds is 7. The molecule has 4 nitrogen and oxygen atoms in total. The molecule has 0 amide bonds. The summed E-state index contributed by atoms with van der Waals surface area (Å²) in [5, 5.41) is 2.43. The number of allylic oxidation sites excluding steroid dienone is 3. The van der Waals surface area contributed by atoms with Gasteiger partial charge in [0, 0.05) is 19.1 Å². The highest BCUT2D eigenvalue weighted by atomic mass is 19.3. The lowest BCUT2D eigenvalue weighted by Gasteiger charge is -2.23. The molecule has 1 aliphatic heterocycles. The van der Waals surface area contributed by atoms with Crippen LogP contribution in [-0.4, -0.2) is 43.6 Å². The van der Waals surface area contributed by atoms with Crippen LogP contribution in [0.4, 0.5) is 13.2 Å². The highest BCUT2D eigenvalue weighted by Gasteiger charge is 2.30. The van der Waals surface area contributed by atoms with Gasteiger partial charge in [0.05, 0.1) is 13.2 Å². The second-order valence-electron chi connectivity index (χ2n) is 5.56. The number of aliphatic imine (C=N–C) groups is 2. The fourth-order valence-electron chi connectivity index (χ4n) is 2.19. The summed E-state index contributed by atoms with van der Waals surface area (Å²) in [4.78, 5) is 7.70.